The third-order valence-electron chi connectivity index (χ3n) is 2.38. The molecule has 0 aliphatic heterocycles. The maximum Gasteiger partial charge on any atom is 0.249 e. The minimum atomic E-state index is -0.315. The van der Waals surface area contributed by atoms with Gasteiger partial charge in [0.15, 0.2) is 5.82 Å². The molecule has 1 N–H and O–H groups in total. The highest BCUT2D eigenvalue weighted by molar-refractivity contribution is 6.28. The number of alkyl halides is 1. The molecule has 2 aromatic rings. The molecule has 1 amide bonds. The normalized spacial score (nSPS) is 10.3. The molecule has 1 aromatic heterocycles. The zero-order chi connectivity index (χ0) is 13.0. The van der Waals surface area contributed by atoms with Crippen LogP contribution in [0.4, 0.5) is 5.95 Å². The average Bonchev–Trinajstić information content (AvgIpc) is 2.82. The number of amides is 1. The van der Waals surface area contributed by atoms with Gasteiger partial charge in [-0.3, -0.25) is 10.1 Å². The van der Waals surface area contributed by atoms with Crippen LogP contribution in [0.5, 0.6) is 0 Å². The second-order valence-corrected chi connectivity index (χ2v) is 3.89. The van der Waals surface area contributed by atoms with Crippen molar-refractivity contribution in [1.29, 1.82) is 0 Å². The van der Waals surface area contributed by atoms with E-state index in [1.807, 2.05) is 37.3 Å². The van der Waals surface area contributed by atoms with Gasteiger partial charge >= 0.3 is 0 Å². The maximum atomic E-state index is 11.2. The molecule has 5 nitrogen and oxygen atoms in total. The SMILES string of the molecule is CCn1nc(NC(=O)CCl)nc1-c1ccccc1. The first-order chi connectivity index (χ1) is 8.74. The van der Waals surface area contributed by atoms with Crippen molar-refractivity contribution in [1.82, 2.24) is 14.8 Å². The summed E-state index contributed by atoms with van der Waals surface area (Å²) >= 11 is 5.42. The summed E-state index contributed by atoms with van der Waals surface area (Å²) in [6.45, 7) is 2.64. The summed E-state index contributed by atoms with van der Waals surface area (Å²) in [7, 11) is 0. The number of hydrogen-bond donors (Lipinski definition) is 1. The maximum absolute atomic E-state index is 11.2. The van der Waals surface area contributed by atoms with Gasteiger partial charge in [0.1, 0.15) is 5.88 Å². The zero-order valence-electron chi connectivity index (χ0n) is 9.93. The zero-order valence-corrected chi connectivity index (χ0v) is 10.7. The fourth-order valence-corrected chi connectivity index (χ4v) is 1.64. The molecule has 0 fully saturated rings. The van der Waals surface area contributed by atoms with Crippen LogP contribution in [0.2, 0.25) is 0 Å². The van der Waals surface area contributed by atoms with Gasteiger partial charge in [-0.2, -0.15) is 4.98 Å². The molecular weight excluding hydrogens is 252 g/mol. The third-order valence-corrected chi connectivity index (χ3v) is 2.62. The topological polar surface area (TPSA) is 59.8 Å². The van der Waals surface area contributed by atoms with Crippen LogP contribution in [0.3, 0.4) is 0 Å². The number of anilines is 1. The van der Waals surface area contributed by atoms with Crippen molar-refractivity contribution in [2.24, 2.45) is 0 Å². The van der Waals surface area contributed by atoms with E-state index >= 15 is 0 Å². The highest BCUT2D eigenvalue weighted by Gasteiger charge is 2.12. The molecule has 0 spiro atoms. The van der Waals surface area contributed by atoms with E-state index in [2.05, 4.69) is 15.4 Å². The second kappa shape index (κ2) is 5.64. The molecule has 0 atom stereocenters. The lowest BCUT2D eigenvalue weighted by Gasteiger charge is -2.01. The van der Waals surface area contributed by atoms with Gasteiger partial charge < -0.3 is 0 Å². The molecule has 0 unspecified atom stereocenters. The first-order valence-electron chi connectivity index (χ1n) is 5.60. The summed E-state index contributed by atoms with van der Waals surface area (Å²) in [6.07, 6.45) is 0. The van der Waals surface area contributed by atoms with E-state index < -0.39 is 0 Å². The Morgan fingerprint density at radius 1 is 1.39 bits per heavy atom. The third kappa shape index (κ3) is 2.68. The number of nitrogens with one attached hydrogen (secondary N) is 1. The molecule has 1 heterocycles. The number of rotatable bonds is 4. The van der Waals surface area contributed by atoms with Crippen molar-refractivity contribution in [3.05, 3.63) is 30.3 Å². The van der Waals surface area contributed by atoms with Crippen LogP contribution in [0.15, 0.2) is 30.3 Å². The van der Waals surface area contributed by atoms with Gasteiger partial charge in [-0.25, -0.2) is 4.68 Å². The number of carbonyl (C=O) groups excluding carboxylic acids is 1. The average molecular weight is 265 g/mol. The monoisotopic (exact) mass is 264 g/mol. The summed E-state index contributed by atoms with van der Waals surface area (Å²) in [6, 6.07) is 9.70. The summed E-state index contributed by atoms with van der Waals surface area (Å²) in [5, 5.41) is 6.75. The van der Waals surface area contributed by atoms with Crippen LogP contribution in [-0.4, -0.2) is 26.6 Å². The lowest BCUT2D eigenvalue weighted by molar-refractivity contribution is -0.114. The van der Waals surface area contributed by atoms with Gasteiger partial charge in [-0.15, -0.1) is 16.7 Å². The van der Waals surface area contributed by atoms with E-state index in [-0.39, 0.29) is 17.7 Å². The largest absolute Gasteiger partial charge is 0.292 e. The van der Waals surface area contributed by atoms with E-state index in [0.717, 1.165) is 11.4 Å². The van der Waals surface area contributed by atoms with Crippen molar-refractivity contribution < 1.29 is 4.79 Å². The minimum absolute atomic E-state index is 0.110. The van der Waals surface area contributed by atoms with Crippen LogP contribution >= 0.6 is 11.6 Å². The van der Waals surface area contributed by atoms with Crippen LogP contribution < -0.4 is 5.32 Å². The van der Waals surface area contributed by atoms with E-state index in [1.165, 1.54) is 0 Å². The molecule has 0 radical (unpaired) electrons. The minimum Gasteiger partial charge on any atom is -0.292 e. The standard InChI is InChI=1S/C12H13ClN4O/c1-2-17-11(9-6-4-3-5-7-9)15-12(16-17)14-10(18)8-13/h3-7H,2,8H2,1H3,(H,14,16,18). The molecular formula is C12H13ClN4O. The van der Waals surface area contributed by atoms with E-state index in [4.69, 9.17) is 11.6 Å². The Morgan fingerprint density at radius 2 is 2.11 bits per heavy atom. The Labute approximate surface area is 110 Å². The van der Waals surface area contributed by atoms with Crippen molar-refractivity contribution in [2.45, 2.75) is 13.5 Å². The molecule has 2 rings (SSSR count). The van der Waals surface area contributed by atoms with E-state index in [1.54, 1.807) is 4.68 Å². The lowest BCUT2D eigenvalue weighted by Crippen LogP contribution is -2.13. The first kappa shape index (κ1) is 12.6. The smallest absolute Gasteiger partial charge is 0.249 e. The Morgan fingerprint density at radius 3 is 2.72 bits per heavy atom. The van der Waals surface area contributed by atoms with Gasteiger partial charge in [-0.1, -0.05) is 30.3 Å². The number of hydrogen-bond acceptors (Lipinski definition) is 3. The molecule has 6 heteroatoms. The van der Waals surface area contributed by atoms with Crippen LogP contribution in [0, 0.1) is 0 Å². The Kier molecular flexibility index (Phi) is 3.94. The predicted molar refractivity (Wildman–Crippen MR) is 70.5 cm³/mol. The van der Waals surface area contributed by atoms with Crippen LogP contribution in [-0.2, 0) is 11.3 Å². The van der Waals surface area contributed by atoms with Gasteiger partial charge in [0.2, 0.25) is 11.9 Å². The molecule has 1 aromatic carbocycles. The molecule has 0 saturated heterocycles. The van der Waals surface area contributed by atoms with Crippen molar-refractivity contribution >= 4 is 23.5 Å². The second-order valence-electron chi connectivity index (χ2n) is 3.62. The van der Waals surface area contributed by atoms with E-state index in [0.29, 0.717) is 6.54 Å². The van der Waals surface area contributed by atoms with Gasteiger partial charge in [0.25, 0.3) is 0 Å². The predicted octanol–water partition coefficient (Wildman–Crippen LogP) is 2.14. The number of halogens is 1. The van der Waals surface area contributed by atoms with Crippen LogP contribution in [0.1, 0.15) is 6.92 Å². The molecule has 0 aliphatic rings. The Hall–Kier alpha value is -1.88. The van der Waals surface area contributed by atoms with Gasteiger partial charge in [0, 0.05) is 12.1 Å². The number of nitrogens with zero attached hydrogens (tertiary/aromatic N) is 3. The van der Waals surface area contributed by atoms with Crippen molar-refractivity contribution in [2.75, 3.05) is 11.2 Å². The molecule has 0 saturated carbocycles. The van der Waals surface area contributed by atoms with Crippen molar-refractivity contribution in [3.8, 4) is 11.4 Å². The summed E-state index contributed by atoms with van der Waals surface area (Å²) < 4.78 is 1.74. The molecule has 0 aliphatic carbocycles. The Bertz CT molecular complexity index is 538. The number of benzene rings is 1. The number of carbonyl (C=O) groups is 1. The fourth-order valence-electron chi connectivity index (χ4n) is 1.57. The van der Waals surface area contributed by atoms with Crippen molar-refractivity contribution in [3.63, 3.8) is 0 Å². The summed E-state index contributed by atoms with van der Waals surface area (Å²) in [4.78, 5) is 15.5. The Balaban J connectivity index is 2.33. The van der Waals surface area contributed by atoms with Gasteiger partial charge in [0.05, 0.1) is 0 Å². The quantitative estimate of drug-likeness (QED) is 0.861. The molecule has 94 valence electrons. The summed E-state index contributed by atoms with van der Waals surface area (Å²) in [5.41, 5.74) is 0.957. The molecule has 18 heavy (non-hydrogen) atoms. The molecule has 0 bridgehead atoms. The van der Waals surface area contributed by atoms with E-state index in [9.17, 15) is 4.79 Å². The highest BCUT2D eigenvalue weighted by atomic mass is 35.5. The van der Waals surface area contributed by atoms with Gasteiger partial charge in [-0.05, 0) is 6.92 Å². The lowest BCUT2D eigenvalue weighted by atomic mass is 10.2. The highest BCUT2D eigenvalue weighted by Crippen LogP contribution is 2.18. The summed E-state index contributed by atoms with van der Waals surface area (Å²) in [5.74, 6) is 0.579. The first-order valence-corrected chi connectivity index (χ1v) is 6.14. The number of aromatic nitrogens is 3. The fraction of sp³-hybridized carbons (Fsp3) is 0.250. The van der Waals surface area contributed by atoms with Crippen LogP contribution in [0.25, 0.3) is 11.4 Å². The number of aryl methyl sites for hydroxylation is 1.